The Hall–Kier alpha value is -3.33. The van der Waals surface area contributed by atoms with Crippen molar-refractivity contribution < 1.29 is 9.53 Å². The largest absolute Gasteiger partial charge is 0.497 e. The van der Waals surface area contributed by atoms with E-state index in [1.807, 2.05) is 6.07 Å². The highest BCUT2D eigenvalue weighted by Gasteiger charge is 2.15. The summed E-state index contributed by atoms with van der Waals surface area (Å²) in [6, 6.07) is 19.2. The van der Waals surface area contributed by atoms with E-state index < -0.39 is 0 Å². The number of carbonyl (C=O) groups is 1. The molecule has 3 aromatic carbocycles. The van der Waals surface area contributed by atoms with E-state index in [-0.39, 0.29) is 17.2 Å². The molecule has 0 unspecified atom stereocenters. The van der Waals surface area contributed by atoms with Gasteiger partial charge in [-0.15, -0.1) is 0 Å². The van der Waals surface area contributed by atoms with Crippen molar-refractivity contribution in [1.29, 1.82) is 0 Å². The van der Waals surface area contributed by atoms with Gasteiger partial charge in [0.1, 0.15) is 5.75 Å². The SMILES string of the molecule is COc1ccc(-n2c(SCC(=O)NN=Cc3cccc(Cl)c3Cl)nc3ccccc3c2=O)cc1. The van der Waals surface area contributed by atoms with Gasteiger partial charge in [0.2, 0.25) is 0 Å². The Morgan fingerprint density at radius 1 is 1.12 bits per heavy atom. The van der Waals surface area contributed by atoms with Gasteiger partial charge in [0.05, 0.1) is 45.7 Å². The molecule has 4 aromatic rings. The average Bonchev–Trinajstić information content (AvgIpc) is 2.85. The van der Waals surface area contributed by atoms with Gasteiger partial charge in [-0.2, -0.15) is 5.10 Å². The number of amides is 1. The average molecular weight is 513 g/mol. The van der Waals surface area contributed by atoms with Gasteiger partial charge in [-0.1, -0.05) is 59.2 Å². The van der Waals surface area contributed by atoms with Crippen LogP contribution in [-0.2, 0) is 4.79 Å². The summed E-state index contributed by atoms with van der Waals surface area (Å²) < 4.78 is 6.69. The highest BCUT2D eigenvalue weighted by atomic mass is 35.5. The van der Waals surface area contributed by atoms with Crippen molar-refractivity contribution in [3.8, 4) is 11.4 Å². The normalized spacial score (nSPS) is 11.1. The van der Waals surface area contributed by atoms with Gasteiger partial charge in [-0.05, 0) is 42.5 Å². The summed E-state index contributed by atoms with van der Waals surface area (Å²) in [5, 5.41) is 5.54. The van der Waals surface area contributed by atoms with Gasteiger partial charge in [-0.3, -0.25) is 14.2 Å². The van der Waals surface area contributed by atoms with E-state index in [2.05, 4.69) is 15.5 Å². The molecule has 0 saturated carbocycles. The number of rotatable bonds is 7. The molecule has 172 valence electrons. The maximum absolute atomic E-state index is 13.3. The number of para-hydroxylation sites is 1. The van der Waals surface area contributed by atoms with Crippen molar-refractivity contribution in [3.05, 3.63) is 92.7 Å². The monoisotopic (exact) mass is 512 g/mol. The van der Waals surface area contributed by atoms with Crippen LogP contribution < -0.4 is 15.7 Å². The number of ether oxygens (including phenoxy) is 1. The van der Waals surface area contributed by atoms with Gasteiger partial charge in [-0.25, -0.2) is 10.4 Å². The Labute approximate surface area is 209 Å². The molecule has 10 heteroatoms. The zero-order valence-electron chi connectivity index (χ0n) is 17.9. The minimum atomic E-state index is -0.372. The zero-order valence-corrected chi connectivity index (χ0v) is 20.2. The van der Waals surface area contributed by atoms with Crippen molar-refractivity contribution in [2.24, 2.45) is 5.10 Å². The highest BCUT2D eigenvalue weighted by molar-refractivity contribution is 7.99. The lowest BCUT2D eigenvalue weighted by Crippen LogP contribution is -2.24. The maximum atomic E-state index is 13.3. The Bertz CT molecular complexity index is 1440. The first-order valence-corrected chi connectivity index (χ1v) is 11.8. The van der Waals surface area contributed by atoms with Crippen LogP contribution in [0.5, 0.6) is 5.75 Å². The number of aromatic nitrogens is 2. The van der Waals surface area contributed by atoms with Crippen molar-refractivity contribution in [1.82, 2.24) is 15.0 Å². The van der Waals surface area contributed by atoms with Crippen LogP contribution in [0.1, 0.15) is 5.56 Å². The third-order valence-electron chi connectivity index (χ3n) is 4.78. The third-order valence-corrected chi connectivity index (χ3v) is 6.55. The maximum Gasteiger partial charge on any atom is 0.266 e. The molecule has 4 rings (SSSR count). The van der Waals surface area contributed by atoms with Gasteiger partial charge in [0.25, 0.3) is 11.5 Å². The van der Waals surface area contributed by atoms with Crippen LogP contribution in [0.2, 0.25) is 10.0 Å². The molecule has 0 bridgehead atoms. The number of benzene rings is 3. The summed E-state index contributed by atoms with van der Waals surface area (Å²) in [7, 11) is 1.57. The second kappa shape index (κ2) is 10.7. The Morgan fingerprint density at radius 2 is 1.88 bits per heavy atom. The smallest absolute Gasteiger partial charge is 0.266 e. The van der Waals surface area contributed by atoms with Crippen LogP contribution >= 0.6 is 35.0 Å². The lowest BCUT2D eigenvalue weighted by atomic mass is 10.2. The van der Waals surface area contributed by atoms with Crippen LogP contribution in [-0.4, -0.2) is 34.5 Å². The van der Waals surface area contributed by atoms with Crippen LogP contribution in [0.4, 0.5) is 0 Å². The zero-order chi connectivity index (χ0) is 24.1. The van der Waals surface area contributed by atoms with Gasteiger partial charge >= 0.3 is 0 Å². The molecule has 0 radical (unpaired) electrons. The van der Waals surface area contributed by atoms with Crippen LogP contribution in [0, 0.1) is 0 Å². The van der Waals surface area contributed by atoms with Gasteiger partial charge in [0, 0.05) is 5.56 Å². The van der Waals surface area contributed by atoms with E-state index in [0.717, 1.165) is 11.8 Å². The van der Waals surface area contributed by atoms with Crippen LogP contribution in [0.15, 0.2) is 81.8 Å². The molecular weight excluding hydrogens is 495 g/mol. The van der Waals surface area contributed by atoms with Crippen LogP contribution in [0.3, 0.4) is 0 Å². The minimum Gasteiger partial charge on any atom is -0.497 e. The summed E-state index contributed by atoms with van der Waals surface area (Å²) in [4.78, 5) is 30.3. The molecule has 1 aromatic heterocycles. The molecule has 1 heterocycles. The molecule has 0 aliphatic carbocycles. The number of thioether (sulfide) groups is 1. The van der Waals surface area contributed by atoms with Crippen molar-refractivity contribution in [3.63, 3.8) is 0 Å². The molecule has 0 spiro atoms. The number of fused-ring (bicyclic) bond motifs is 1. The predicted octanol–water partition coefficient (Wildman–Crippen LogP) is 4.94. The fourth-order valence-corrected chi connectivity index (χ4v) is 4.29. The van der Waals surface area contributed by atoms with Crippen molar-refractivity contribution >= 4 is 58.0 Å². The fraction of sp³-hybridized carbons (Fsp3) is 0.0833. The van der Waals surface area contributed by atoms with E-state index in [9.17, 15) is 9.59 Å². The third kappa shape index (κ3) is 5.25. The Morgan fingerprint density at radius 3 is 2.65 bits per heavy atom. The van der Waals surface area contributed by atoms with Crippen LogP contribution in [0.25, 0.3) is 16.6 Å². The molecule has 7 nitrogen and oxygen atoms in total. The number of carbonyl (C=O) groups excluding carboxylic acids is 1. The molecular formula is C24H18Cl2N4O3S. The van der Waals surface area contributed by atoms with E-state index >= 15 is 0 Å². The van der Waals surface area contributed by atoms with Gasteiger partial charge in [0.15, 0.2) is 5.16 Å². The summed E-state index contributed by atoms with van der Waals surface area (Å²) in [6.07, 6.45) is 1.42. The number of hydrazone groups is 1. The lowest BCUT2D eigenvalue weighted by molar-refractivity contribution is -0.118. The summed E-state index contributed by atoms with van der Waals surface area (Å²) in [6.45, 7) is 0. The summed E-state index contributed by atoms with van der Waals surface area (Å²) in [5.41, 5.74) is 3.96. The second-order valence-electron chi connectivity index (χ2n) is 6.98. The second-order valence-corrected chi connectivity index (χ2v) is 8.70. The molecule has 1 N–H and O–H groups in total. The fourth-order valence-electron chi connectivity index (χ4n) is 3.12. The summed E-state index contributed by atoms with van der Waals surface area (Å²) in [5.74, 6) is 0.279. The van der Waals surface area contributed by atoms with Gasteiger partial charge < -0.3 is 4.74 Å². The van der Waals surface area contributed by atoms with E-state index in [4.69, 9.17) is 27.9 Å². The number of nitrogens with zero attached hydrogens (tertiary/aromatic N) is 3. The molecule has 34 heavy (non-hydrogen) atoms. The number of nitrogens with one attached hydrogen (secondary N) is 1. The quantitative estimate of drug-likeness (QED) is 0.164. The standard InChI is InChI=1S/C24H18Cl2N4O3S/c1-33-17-11-9-16(10-12-17)30-23(32)18-6-2-3-8-20(18)28-24(30)34-14-21(31)29-27-13-15-5-4-7-19(25)22(15)26/h2-13H,14H2,1H3,(H,29,31). The Kier molecular flexibility index (Phi) is 7.52. The first kappa shape index (κ1) is 23.8. The van der Waals surface area contributed by atoms with Crippen molar-refractivity contribution in [2.45, 2.75) is 5.16 Å². The first-order valence-electron chi connectivity index (χ1n) is 10.0. The summed E-state index contributed by atoms with van der Waals surface area (Å²) >= 11 is 13.2. The van der Waals surface area contributed by atoms with Crippen molar-refractivity contribution in [2.75, 3.05) is 12.9 Å². The topological polar surface area (TPSA) is 85.6 Å². The number of hydrogen-bond acceptors (Lipinski definition) is 6. The predicted molar refractivity (Wildman–Crippen MR) is 137 cm³/mol. The molecule has 1 amide bonds. The van der Waals surface area contributed by atoms with E-state index in [1.165, 1.54) is 10.8 Å². The molecule has 0 aliphatic rings. The van der Waals surface area contributed by atoms with E-state index in [0.29, 0.717) is 43.1 Å². The molecule has 0 aliphatic heterocycles. The molecule has 0 atom stereocenters. The van der Waals surface area contributed by atoms with E-state index in [1.54, 1.807) is 67.8 Å². The number of hydrogen-bond donors (Lipinski definition) is 1. The highest BCUT2D eigenvalue weighted by Crippen LogP contribution is 2.24. The Balaban J connectivity index is 1.57. The lowest BCUT2D eigenvalue weighted by Gasteiger charge is -2.13. The first-order chi connectivity index (χ1) is 16.5. The number of halogens is 2. The molecule has 0 fully saturated rings. The minimum absolute atomic E-state index is 0.0123. The number of methoxy groups -OCH3 is 1. The molecule has 0 saturated heterocycles.